The predicted molar refractivity (Wildman–Crippen MR) is 90.8 cm³/mol. The van der Waals surface area contributed by atoms with Crippen LogP contribution in [0.2, 0.25) is 0 Å². The van der Waals surface area contributed by atoms with Crippen molar-refractivity contribution in [1.82, 2.24) is 9.62 Å². The summed E-state index contributed by atoms with van der Waals surface area (Å²) < 4.78 is 35.8. The monoisotopic (exact) mass is 356 g/mol. The minimum absolute atomic E-state index is 0.0491. The molecule has 2 rings (SSSR count). The first-order chi connectivity index (χ1) is 11.2. The number of aryl methyl sites for hydroxylation is 1. The number of sulfonamides is 1. The van der Waals surface area contributed by atoms with Crippen LogP contribution in [0.3, 0.4) is 0 Å². The number of amides is 1. The Bertz CT molecular complexity index is 702. The van der Waals surface area contributed by atoms with Crippen LogP contribution in [-0.4, -0.2) is 64.8 Å². The molecule has 1 N–H and O–H groups in total. The van der Waals surface area contributed by atoms with Gasteiger partial charge in [0.1, 0.15) is 5.75 Å². The van der Waals surface area contributed by atoms with E-state index in [9.17, 15) is 13.2 Å². The van der Waals surface area contributed by atoms with Gasteiger partial charge in [0.2, 0.25) is 10.0 Å². The van der Waals surface area contributed by atoms with E-state index in [0.717, 1.165) is 5.56 Å². The first-order valence-corrected chi connectivity index (χ1v) is 9.29. The molecule has 2 atom stereocenters. The smallest absolute Gasteiger partial charge is 0.251 e. The summed E-state index contributed by atoms with van der Waals surface area (Å²) in [6, 6.07) is 4.88. The van der Waals surface area contributed by atoms with Gasteiger partial charge in [0.05, 0.1) is 32.1 Å². The zero-order valence-corrected chi connectivity index (χ0v) is 15.2. The topological polar surface area (TPSA) is 84.9 Å². The number of hydrogen-bond donors (Lipinski definition) is 1. The molecule has 8 heteroatoms. The third kappa shape index (κ3) is 4.25. The number of methoxy groups -OCH3 is 1. The summed E-state index contributed by atoms with van der Waals surface area (Å²) in [5.74, 6) is 0.132. The Kier molecular flexibility index (Phi) is 5.84. The number of ether oxygens (including phenoxy) is 2. The quantitative estimate of drug-likeness (QED) is 0.809. The van der Waals surface area contributed by atoms with Crippen molar-refractivity contribution in [2.45, 2.75) is 13.0 Å². The van der Waals surface area contributed by atoms with E-state index in [0.29, 0.717) is 24.5 Å². The molecule has 0 saturated carbocycles. The Morgan fingerprint density at radius 1 is 1.38 bits per heavy atom. The lowest BCUT2D eigenvalue weighted by Gasteiger charge is -2.21. The zero-order valence-electron chi connectivity index (χ0n) is 14.4. The molecule has 1 fully saturated rings. The second-order valence-corrected chi connectivity index (χ2v) is 8.35. The van der Waals surface area contributed by atoms with Crippen molar-refractivity contribution >= 4 is 15.9 Å². The van der Waals surface area contributed by atoms with Gasteiger partial charge >= 0.3 is 0 Å². The van der Waals surface area contributed by atoms with E-state index < -0.39 is 10.0 Å². The van der Waals surface area contributed by atoms with Gasteiger partial charge < -0.3 is 14.8 Å². The summed E-state index contributed by atoms with van der Waals surface area (Å²) in [4.78, 5) is 12.5. The van der Waals surface area contributed by atoms with Gasteiger partial charge in [0, 0.05) is 25.6 Å². The van der Waals surface area contributed by atoms with Gasteiger partial charge in [0.15, 0.2) is 0 Å². The number of nitrogens with one attached hydrogen (secondary N) is 1. The summed E-state index contributed by atoms with van der Waals surface area (Å²) in [6.07, 6.45) is 0. The highest BCUT2D eigenvalue weighted by Gasteiger charge is 2.34. The fraction of sp³-hybridized carbons (Fsp3) is 0.562. The maximum Gasteiger partial charge on any atom is 0.251 e. The third-order valence-electron chi connectivity index (χ3n) is 4.17. The van der Waals surface area contributed by atoms with E-state index in [4.69, 9.17) is 9.47 Å². The highest BCUT2D eigenvalue weighted by molar-refractivity contribution is 7.89. The molecule has 1 saturated heterocycles. The highest BCUT2D eigenvalue weighted by atomic mass is 32.2. The van der Waals surface area contributed by atoms with Crippen LogP contribution < -0.4 is 10.1 Å². The molecule has 0 spiro atoms. The lowest BCUT2D eigenvalue weighted by Crippen LogP contribution is -2.43. The van der Waals surface area contributed by atoms with Gasteiger partial charge in [-0.05, 0) is 30.7 Å². The van der Waals surface area contributed by atoms with Crippen LogP contribution in [0.4, 0.5) is 0 Å². The summed E-state index contributed by atoms with van der Waals surface area (Å²) in [5.41, 5.74) is 1.33. The molecule has 1 aliphatic heterocycles. The second kappa shape index (κ2) is 7.50. The van der Waals surface area contributed by atoms with E-state index >= 15 is 0 Å². The van der Waals surface area contributed by atoms with Gasteiger partial charge in [-0.15, -0.1) is 0 Å². The molecular weight excluding hydrogens is 332 g/mol. The van der Waals surface area contributed by atoms with Crippen molar-refractivity contribution in [3.05, 3.63) is 29.3 Å². The van der Waals surface area contributed by atoms with Crippen LogP contribution in [0.25, 0.3) is 0 Å². The number of nitrogens with zero attached hydrogens (tertiary/aromatic N) is 1. The standard InChI is InChI=1S/C16H24N2O5S/c1-11-7-13(22-4)5-6-14(11)16(19)17-15-9-23-8-12(15)10-24(20,21)18(2)3/h5-7,12,15H,8-10H2,1-4H3,(H,17,19)/t12-,15+/m0/s1. The molecule has 0 radical (unpaired) electrons. The summed E-state index contributed by atoms with van der Waals surface area (Å²) in [7, 11) is 1.22. The molecule has 1 amide bonds. The number of benzene rings is 1. The first kappa shape index (κ1) is 18.7. The highest BCUT2D eigenvalue weighted by Crippen LogP contribution is 2.20. The van der Waals surface area contributed by atoms with Crippen molar-refractivity contribution in [3.8, 4) is 5.75 Å². The average Bonchev–Trinajstić information content (AvgIpc) is 2.93. The second-order valence-electron chi connectivity index (χ2n) is 6.12. The molecule has 0 aliphatic carbocycles. The third-order valence-corrected chi connectivity index (χ3v) is 6.14. The molecule has 1 aromatic rings. The van der Waals surface area contributed by atoms with Gasteiger partial charge in [-0.1, -0.05) is 0 Å². The van der Waals surface area contributed by atoms with Crippen molar-refractivity contribution in [2.24, 2.45) is 5.92 Å². The fourth-order valence-electron chi connectivity index (χ4n) is 2.61. The van der Waals surface area contributed by atoms with Crippen LogP contribution in [0.5, 0.6) is 5.75 Å². The van der Waals surface area contributed by atoms with Crippen molar-refractivity contribution in [3.63, 3.8) is 0 Å². The fourth-order valence-corrected chi connectivity index (χ4v) is 3.77. The Hall–Kier alpha value is -1.64. The Morgan fingerprint density at radius 3 is 2.67 bits per heavy atom. The number of carbonyl (C=O) groups excluding carboxylic acids is 1. The lowest BCUT2D eigenvalue weighted by molar-refractivity contribution is 0.0925. The van der Waals surface area contributed by atoms with E-state index in [-0.39, 0.29) is 23.6 Å². The van der Waals surface area contributed by atoms with Crippen LogP contribution in [-0.2, 0) is 14.8 Å². The molecule has 1 aliphatic rings. The molecule has 24 heavy (non-hydrogen) atoms. The largest absolute Gasteiger partial charge is 0.497 e. The molecule has 1 heterocycles. The predicted octanol–water partition coefficient (Wildman–Crippen LogP) is 0.640. The van der Waals surface area contributed by atoms with E-state index in [1.807, 2.05) is 6.92 Å². The minimum Gasteiger partial charge on any atom is -0.497 e. The molecule has 0 bridgehead atoms. The minimum atomic E-state index is -3.35. The number of carbonyl (C=O) groups is 1. The molecule has 1 aromatic carbocycles. The van der Waals surface area contributed by atoms with Gasteiger partial charge in [-0.2, -0.15) is 0 Å². The summed E-state index contributed by atoms with van der Waals surface area (Å²) >= 11 is 0. The SMILES string of the molecule is COc1ccc(C(=O)N[C@@H]2COC[C@H]2CS(=O)(=O)N(C)C)c(C)c1. The van der Waals surface area contributed by atoms with Crippen molar-refractivity contribution in [1.29, 1.82) is 0 Å². The van der Waals surface area contributed by atoms with Crippen molar-refractivity contribution < 1.29 is 22.7 Å². The van der Waals surface area contributed by atoms with Crippen LogP contribution in [0.15, 0.2) is 18.2 Å². The maximum atomic E-state index is 12.5. The number of rotatable bonds is 6. The average molecular weight is 356 g/mol. The molecule has 134 valence electrons. The Labute approximate surface area is 143 Å². The van der Waals surface area contributed by atoms with Crippen LogP contribution in [0, 0.1) is 12.8 Å². The summed E-state index contributed by atoms with van der Waals surface area (Å²) in [6.45, 7) is 2.46. The van der Waals surface area contributed by atoms with Gasteiger partial charge in [0.25, 0.3) is 5.91 Å². The zero-order chi connectivity index (χ0) is 17.9. The van der Waals surface area contributed by atoms with Crippen molar-refractivity contribution in [2.75, 3.05) is 40.2 Å². The lowest BCUT2D eigenvalue weighted by atomic mass is 10.0. The Balaban J connectivity index is 2.08. The van der Waals surface area contributed by atoms with Gasteiger partial charge in [-0.25, -0.2) is 12.7 Å². The maximum absolute atomic E-state index is 12.5. The van der Waals surface area contributed by atoms with E-state index in [1.54, 1.807) is 25.3 Å². The molecule has 7 nitrogen and oxygen atoms in total. The Morgan fingerprint density at radius 2 is 2.08 bits per heavy atom. The normalized spacial score (nSPS) is 21.0. The van der Waals surface area contributed by atoms with E-state index in [1.165, 1.54) is 18.4 Å². The first-order valence-electron chi connectivity index (χ1n) is 7.68. The summed E-state index contributed by atoms with van der Waals surface area (Å²) in [5, 5.41) is 2.90. The molecule has 0 unspecified atom stereocenters. The van der Waals surface area contributed by atoms with Crippen LogP contribution >= 0.6 is 0 Å². The van der Waals surface area contributed by atoms with E-state index in [2.05, 4.69) is 5.32 Å². The van der Waals surface area contributed by atoms with Gasteiger partial charge in [-0.3, -0.25) is 4.79 Å². The molecular formula is C16H24N2O5S. The molecule has 0 aromatic heterocycles. The number of hydrogen-bond acceptors (Lipinski definition) is 5. The van der Waals surface area contributed by atoms with Crippen LogP contribution in [0.1, 0.15) is 15.9 Å².